The van der Waals surface area contributed by atoms with Crippen molar-refractivity contribution in [2.75, 3.05) is 11.9 Å². The van der Waals surface area contributed by atoms with Crippen LogP contribution in [0, 0.1) is 19.8 Å². The lowest BCUT2D eigenvalue weighted by Crippen LogP contribution is -2.32. The van der Waals surface area contributed by atoms with E-state index in [1.165, 1.54) is 4.57 Å². The van der Waals surface area contributed by atoms with E-state index in [0.717, 1.165) is 16.8 Å². The van der Waals surface area contributed by atoms with Gasteiger partial charge in [0.25, 0.3) is 5.56 Å². The number of benzene rings is 2. The van der Waals surface area contributed by atoms with Crippen molar-refractivity contribution in [1.82, 2.24) is 14.9 Å². The van der Waals surface area contributed by atoms with Crippen molar-refractivity contribution in [3.63, 3.8) is 0 Å². The van der Waals surface area contributed by atoms with Crippen molar-refractivity contribution >= 4 is 28.5 Å². The van der Waals surface area contributed by atoms with Gasteiger partial charge in [-0.15, -0.1) is 0 Å². The molecule has 1 aromatic heterocycles. The molecule has 1 heterocycles. The van der Waals surface area contributed by atoms with Crippen LogP contribution in [0.2, 0.25) is 0 Å². The summed E-state index contributed by atoms with van der Waals surface area (Å²) in [7, 11) is 0. The highest BCUT2D eigenvalue weighted by Crippen LogP contribution is 2.17. The number of carbonyl (C=O) groups is 2. The summed E-state index contributed by atoms with van der Waals surface area (Å²) in [5.41, 5.74) is 3.84. The molecule has 0 saturated carbocycles. The fourth-order valence-electron chi connectivity index (χ4n) is 3.41. The Balaban J connectivity index is 1.84. The van der Waals surface area contributed by atoms with Gasteiger partial charge >= 0.3 is 0 Å². The van der Waals surface area contributed by atoms with Crippen molar-refractivity contribution in [2.45, 2.75) is 47.1 Å². The van der Waals surface area contributed by atoms with Crippen molar-refractivity contribution in [2.24, 2.45) is 5.92 Å². The number of amides is 2. The van der Waals surface area contributed by atoms with Crippen LogP contribution in [-0.4, -0.2) is 27.9 Å². The van der Waals surface area contributed by atoms with Gasteiger partial charge < -0.3 is 10.6 Å². The third-order valence-electron chi connectivity index (χ3n) is 5.19. The van der Waals surface area contributed by atoms with Gasteiger partial charge in [0.2, 0.25) is 11.8 Å². The second-order valence-corrected chi connectivity index (χ2v) is 8.50. The first-order valence-corrected chi connectivity index (χ1v) is 10.9. The van der Waals surface area contributed by atoms with Gasteiger partial charge in [-0.25, -0.2) is 4.98 Å². The molecule has 3 rings (SSSR count). The molecule has 0 unspecified atom stereocenters. The number of hydrogen-bond donors (Lipinski definition) is 2. The zero-order chi connectivity index (χ0) is 23.3. The normalized spacial score (nSPS) is 11.0. The Morgan fingerprint density at radius 3 is 2.56 bits per heavy atom. The molecule has 0 spiro atoms. The topological polar surface area (TPSA) is 93.1 Å². The number of rotatable bonds is 8. The lowest BCUT2D eigenvalue weighted by molar-refractivity contribution is -0.121. The third-order valence-corrected chi connectivity index (χ3v) is 5.19. The largest absolute Gasteiger partial charge is 0.356 e. The van der Waals surface area contributed by atoms with E-state index in [9.17, 15) is 14.4 Å². The van der Waals surface area contributed by atoms with E-state index in [4.69, 9.17) is 0 Å². The molecule has 168 valence electrons. The van der Waals surface area contributed by atoms with Crippen molar-refractivity contribution in [3.8, 4) is 0 Å². The lowest BCUT2D eigenvalue weighted by atomic mass is 10.1. The molecule has 0 fully saturated rings. The number of fused-ring (bicyclic) bond motifs is 1. The Morgan fingerprint density at radius 1 is 1.06 bits per heavy atom. The Bertz CT molecular complexity index is 1200. The van der Waals surface area contributed by atoms with E-state index in [-0.39, 0.29) is 42.5 Å². The van der Waals surface area contributed by atoms with E-state index in [0.29, 0.717) is 23.5 Å². The predicted molar refractivity (Wildman–Crippen MR) is 127 cm³/mol. The smallest absolute Gasteiger partial charge is 0.273 e. The fourth-order valence-corrected chi connectivity index (χ4v) is 3.41. The van der Waals surface area contributed by atoms with Crippen molar-refractivity contribution < 1.29 is 9.59 Å². The summed E-state index contributed by atoms with van der Waals surface area (Å²) < 4.78 is 1.43. The molecule has 0 atom stereocenters. The summed E-state index contributed by atoms with van der Waals surface area (Å²) in [6.07, 6.45) is 0.383. The fraction of sp³-hybridized carbons (Fsp3) is 0.360. The molecule has 0 bridgehead atoms. The quantitative estimate of drug-likeness (QED) is 0.569. The molecular formula is C25H30N4O3. The molecule has 2 amide bonds. The summed E-state index contributed by atoms with van der Waals surface area (Å²) in [5.74, 6) is -0.0597. The van der Waals surface area contributed by atoms with E-state index < -0.39 is 0 Å². The van der Waals surface area contributed by atoms with Crippen LogP contribution in [0.15, 0.2) is 47.3 Å². The average Bonchev–Trinajstić information content (AvgIpc) is 2.75. The number of nitrogens with one attached hydrogen (secondary N) is 2. The van der Waals surface area contributed by atoms with E-state index in [1.807, 2.05) is 58.0 Å². The van der Waals surface area contributed by atoms with Crippen molar-refractivity contribution in [3.05, 3.63) is 69.6 Å². The van der Waals surface area contributed by atoms with Crippen LogP contribution in [0.1, 0.15) is 37.1 Å². The van der Waals surface area contributed by atoms with Crippen LogP contribution < -0.4 is 16.2 Å². The Labute approximate surface area is 187 Å². The number of nitrogens with zero attached hydrogens (tertiary/aromatic N) is 2. The van der Waals surface area contributed by atoms with Crippen LogP contribution >= 0.6 is 0 Å². The van der Waals surface area contributed by atoms with Gasteiger partial charge in [0.1, 0.15) is 12.2 Å². The lowest BCUT2D eigenvalue weighted by Gasteiger charge is -2.14. The maximum Gasteiger partial charge on any atom is 0.273 e. The molecule has 7 nitrogen and oxygen atoms in total. The van der Waals surface area contributed by atoms with Crippen LogP contribution in [0.3, 0.4) is 0 Å². The van der Waals surface area contributed by atoms with Gasteiger partial charge in [-0.3, -0.25) is 19.0 Å². The van der Waals surface area contributed by atoms with Gasteiger partial charge in [-0.1, -0.05) is 38.1 Å². The van der Waals surface area contributed by atoms with Gasteiger partial charge in [-0.05, 0) is 49.1 Å². The first kappa shape index (κ1) is 23.2. The molecule has 0 aliphatic heterocycles. The molecule has 0 saturated heterocycles. The summed E-state index contributed by atoms with van der Waals surface area (Å²) >= 11 is 0. The number of carbonyl (C=O) groups excluding carboxylic acids is 2. The molecule has 0 aliphatic rings. The summed E-state index contributed by atoms with van der Waals surface area (Å²) in [5, 5.41) is 5.76. The average molecular weight is 435 g/mol. The zero-order valence-electron chi connectivity index (χ0n) is 19.1. The monoisotopic (exact) mass is 434 g/mol. The number of aryl methyl sites for hydroxylation is 3. The molecule has 0 aliphatic carbocycles. The standard InChI is InChI=1S/C25H30N4O3/c1-16(2)14-26-23(30)12-11-20-25(32)29(22-8-6-5-7-19(22)27-20)15-24(31)28-21-13-17(3)9-10-18(21)4/h5-10,13,16H,11-12,14-15H2,1-4H3,(H,26,30)(H,28,31). The summed E-state index contributed by atoms with van der Waals surface area (Å²) in [6.45, 7) is 8.37. The van der Waals surface area contributed by atoms with E-state index >= 15 is 0 Å². The minimum atomic E-state index is -0.350. The number of para-hydroxylation sites is 2. The number of hydrogen-bond acceptors (Lipinski definition) is 4. The summed E-state index contributed by atoms with van der Waals surface area (Å²) in [6, 6.07) is 13.0. The van der Waals surface area contributed by atoms with Crippen LogP contribution in [0.25, 0.3) is 11.0 Å². The minimum absolute atomic E-state index is 0.118. The molecule has 2 aromatic carbocycles. The van der Waals surface area contributed by atoms with Crippen LogP contribution in [0.4, 0.5) is 5.69 Å². The van der Waals surface area contributed by atoms with Gasteiger partial charge in [0, 0.05) is 25.1 Å². The first-order valence-electron chi connectivity index (χ1n) is 10.9. The summed E-state index contributed by atoms with van der Waals surface area (Å²) in [4.78, 5) is 42.6. The molecule has 3 aromatic rings. The van der Waals surface area contributed by atoms with E-state index in [2.05, 4.69) is 15.6 Å². The third kappa shape index (κ3) is 5.81. The molecule has 2 N–H and O–H groups in total. The highest BCUT2D eigenvalue weighted by molar-refractivity contribution is 5.92. The Hall–Kier alpha value is -3.48. The SMILES string of the molecule is Cc1ccc(C)c(NC(=O)Cn2c(=O)c(CCC(=O)NCC(C)C)nc3ccccc32)c1. The molecule has 7 heteroatoms. The Morgan fingerprint density at radius 2 is 1.81 bits per heavy atom. The molecule has 0 radical (unpaired) electrons. The highest BCUT2D eigenvalue weighted by atomic mass is 16.2. The Kier molecular flexibility index (Phi) is 7.41. The zero-order valence-corrected chi connectivity index (χ0v) is 19.1. The van der Waals surface area contributed by atoms with Gasteiger partial charge in [-0.2, -0.15) is 0 Å². The second kappa shape index (κ2) is 10.2. The maximum atomic E-state index is 13.2. The molecule has 32 heavy (non-hydrogen) atoms. The maximum absolute atomic E-state index is 13.2. The predicted octanol–water partition coefficient (Wildman–Crippen LogP) is 3.36. The van der Waals surface area contributed by atoms with Gasteiger partial charge in [0.05, 0.1) is 11.0 Å². The minimum Gasteiger partial charge on any atom is -0.356 e. The number of anilines is 1. The van der Waals surface area contributed by atoms with Crippen molar-refractivity contribution in [1.29, 1.82) is 0 Å². The first-order chi connectivity index (χ1) is 15.2. The van der Waals surface area contributed by atoms with Crippen LogP contribution in [-0.2, 0) is 22.6 Å². The van der Waals surface area contributed by atoms with Gasteiger partial charge in [0.15, 0.2) is 0 Å². The van der Waals surface area contributed by atoms with Crippen LogP contribution in [0.5, 0.6) is 0 Å². The van der Waals surface area contributed by atoms with E-state index in [1.54, 1.807) is 12.1 Å². The molecular weight excluding hydrogens is 404 g/mol. The number of aromatic nitrogens is 2. The highest BCUT2D eigenvalue weighted by Gasteiger charge is 2.15. The second-order valence-electron chi connectivity index (χ2n) is 8.50.